The maximum atomic E-state index is 14.2. The highest BCUT2D eigenvalue weighted by Gasteiger charge is 2.29. The maximum absolute atomic E-state index is 14.2. The number of benzene rings is 2. The van der Waals surface area contributed by atoms with Gasteiger partial charge in [-0.05, 0) is 42.2 Å². The van der Waals surface area contributed by atoms with Gasteiger partial charge in [0.1, 0.15) is 23.7 Å². The summed E-state index contributed by atoms with van der Waals surface area (Å²) in [7, 11) is 0. The molecule has 1 atom stereocenters. The Morgan fingerprint density at radius 1 is 1.07 bits per heavy atom. The van der Waals surface area contributed by atoms with Gasteiger partial charge in [0.25, 0.3) is 0 Å². The van der Waals surface area contributed by atoms with Gasteiger partial charge in [0.05, 0.1) is 11.4 Å². The maximum Gasteiger partial charge on any atom is 0.200 e. The Hall–Kier alpha value is -3.62. The van der Waals surface area contributed by atoms with E-state index in [1.807, 2.05) is 6.07 Å². The highest BCUT2D eigenvalue weighted by atomic mass is 19.2. The van der Waals surface area contributed by atoms with Crippen molar-refractivity contribution >= 4 is 16.9 Å². The molecule has 0 saturated heterocycles. The van der Waals surface area contributed by atoms with Crippen molar-refractivity contribution < 1.29 is 18.3 Å². The molecule has 6 nitrogen and oxygen atoms in total. The number of aromatic hydroxyl groups is 1. The lowest BCUT2D eigenvalue weighted by atomic mass is 10.1. The first-order chi connectivity index (χ1) is 13.9. The predicted octanol–water partition coefficient (Wildman–Crippen LogP) is 3.54. The lowest BCUT2D eigenvalue weighted by Crippen LogP contribution is -2.11. The molecule has 146 valence electrons. The van der Waals surface area contributed by atoms with E-state index < -0.39 is 17.4 Å². The second-order valence-corrected chi connectivity index (χ2v) is 6.98. The molecule has 29 heavy (non-hydrogen) atoms. The predicted molar refractivity (Wildman–Crippen MR) is 99.6 cm³/mol. The van der Waals surface area contributed by atoms with Gasteiger partial charge in [-0.1, -0.05) is 12.1 Å². The number of hydrogen-bond donors (Lipinski definition) is 2. The summed E-state index contributed by atoms with van der Waals surface area (Å²) in [6.45, 7) is 0. The fourth-order valence-electron chi connectivity index (χ4n) is 3.92. The first-order valence-corrected chi connectivity index (χ1v) is 8.87. The zero-order valence-corrected chi connectivity index (χ0v) is 14.9. The van der Waals surface area contributed by atoms with Crippen molar-refractivity contribution in [2.45, 2.75) is 18.9 Å². The van der Waals surface area contributed by atoms with Crippen LogP contribution in [0, 0.1) is 17.5 Å². The Kier molecular flexibility index (Phi) is 3.73. The van der Waals surface area contributed by atoms with Crippen molar-refractivity contribution in [1.29, 1.82) is 0 Å². The molecule has 0 bridgehead atoms. The van der Waals surface area contributed by atoms with E-state index in [4.69, 9.17) is 5.73 Å². The molecule has 1 aliphatic rings. The molecule has 9 heteroatoms. The van der Waals surface area contributed by atoms with E-state index in [1.54, 1.807) is 10.7 Å². The minimum Gasteiger partial charge on any atom is -0.505 e. The van der Waals surface area contributed by atoms with Crippen LogP contribution in [-0.2, 0) is 12.8 Å². The van der Waals surface area contributed by atoms with Gasteiger partial charge < -0.3 is 10.8 Å². The van der Waals surface area contributed by atoms with Crippen LogP contribution in [0.3, 0.4) is 0 Å². The number of aromatic nitrogens is 4. The number of halogens is 3. The highest BCUT2D eigenvalue weighted by molar-refractivity contribution is 5.98. The van der Waals surface area contributed by atoms with Crippen LogP contribution in [0.5, 0.6) is 5.75 Å². The van der Waals surface area contributed by atoms with E-state index in [1.165, 1.54) is 12.4 Å². The summed E-state index contributed by atoms with van der Waals surface area (Å²) in [5.74, 6) is -3.56. The van der Waals surface area contributed by atoms with Crippen molar-refractivity contribution in [3.8, 4) is 17.0 Å². The molecular formula is C20H14F3N5O. The summed E-state index contributed by atoms with van der Waals surface area (Å²) in [4.78, 5) is 8.24. The third-order valence-electron chi connectivity index (χ3n) is 5.26. The lowest BCUT2D eigenvalue weighted by molar-refractivity contribution is 0.407. The quantitative estimate of drug-likeness (QED) is 0.540. The summed E-state index contributed by atoms with van der Waals surface area (Å²) < 4.78 is 43.2. The zero-order chi connectivity index (χ0) is 20.3. The van der Waals surface area contributed by atoms with E-state index >= 15 is 0 Å². The molecule has 1 unspecified atom stereocenters. The van der Waals surface area contributed by atoms with E-state index in [9.17, 15) is 18.3 Å². The summed E-state index contributed by atoms with van der Waals surface area (Å²) in [6, 6.07) is 6.70. The average Bonchev–Trinajstić information content (AvgIpc) is 3.29. The van der Waals surface area contributed by atoms with E-state index in [2.05, 4.69) is 15.1 Å². The molecule has 0 amide bonds. The Balaban J connectivity index is 1.70. The van der Waals surface area contributed by atoms with Crippen molar-refractivity contribution in [3.63, 3.8) is 0 Å². The second-order valence-electron chi connectivity index (χ2n) is 6.98. The molecule has 0 aliphatic heterocycles. The van der Waals surface area contributed by atoms with Crippen molar-refractivity contribution in [1.82, 2.24) is 19.7 Å². The van der Waals surface area contributed by atoms with Crippen LogP contribution in [0.2, 0.25) is 0 Å². The van der Waals surface area contributed by atoms with Gasteiger partial charge in [-0.2, -0.15) is 9.49 Å². The first-order valence-electron chi connectivity index (χ1n) is 8.87. The molecule has 3 N–H and O–H groups in total. The Morgan fingerprint density at radius 2 is 1.90 bits per heavy atom. The summed E-state index contributed by atoms with van der Waals surface area (Å²) in [6.07, 6.45) is 2.23. The smallest absolute Gasteiger partial charge is 0.200 e. The van der Waals surface area contributed by atoms with Gasteiger partial charge >= 0.3 is 0 Å². The minimum absolute atomic E-state index is 0.113. The molecule has 2 heterocycles. The largest absolute Gasteiger partial charge is 0.505 e. The van der Waals surface area contributed by atoms with Crippen LogP contribution >= 0.6 is 0 Å². The Bertz CT molecular complexity index is 1260. The second kappa shape index (κ2) is 6.20. The number of phenols is 1. The van der Waals surface area contributed by atoms with E-state index in [-0.39, 0.29) is 28.9 Å². The van der Waals surface area contributed by atoms with E-state index in [0.29, 0.717) is 29.4 Å². The molecule has 0 saturated carbocycles. The van der Waals surface area contributed by atoms with Crippen LogP contribution in [-0.4, -0.2) is 24.9 Å². The number of nitrogens with two attached hydrogens (primary N) is 1. The lowest BCUT2D eigenvalue weighted by Gasteiger charge is -2.10. The van der Waals surface area contributed by atoms with Crippen LogP contribution in [0.4, 0.5) is 19.0 Å². The SMILES string of the molecule is Nc1ncnc2c1c(-c1cc(O)c(F)c(F)c1)nn2C1Cc2cccc(F)c2C1. The van der Waals surface area contributed by atoms with Gasteiger partial charge in [0.2, 0.25) is 0 Å². The number of hydrogen-bond acceptors (Lipinski definition) is 5. The van der Waals surface area contributed by atoms with Crippen LogP contribution in [0.15, 0.2) is 36.7 Å². The third kappa shape index (κ3) is 2.61. The topological polar surface area (TPSA) is 89.8 Å². The van der Waals surface area contributed by atoms with Gasteiger partial charge in [0.15, 0.2) is 23.0 Å². The molecule has 0 spiro atoms. The number of fused-ring (bicyclic) bond motifs is 2. The molecule has 2 aromatic carbocycles. The minimum atomic E-state index is -1.34. The standard InChI is InChI=1S/C20H14F3N5O/c21-13-3-1-2-9-4-11(7-12(9)13)28-20-16(19(24)25-8-26-20)18(27-28)10-5-14(22)17(23)15(29)6-10/h1-3,5-6,8,11,29H,4,7H2,(H2,24,25,26). The number of rotatable bonds is 2. The fourth-order valence-corrected chi connectivity index (χ4v) is 3.92. The van der Waals surface area contributed by atoms with Crippen LogP contribution < -0.4 is 5.73 Å². The molecule has 5 rings (SSSR count). The van der Waals surface area contributed by atoms with Crippen LogP contribution in [0.25, 0.3) is 22.3 Å². The first kappa shape index (κ1) is 17.5. The van der Waals surface area contributed by atoms with Gasteiger partial charge in [0, 0.05) is 5.56 Å². The zero-order valence-electron chi connectivity index (χ0n) is 14.9. The third-order valence-corrected chi connectivity index (χ3v) is 5.26. The molecule has 0 fully saturated rings. The Morgan fingerprint density at radius 3 is 2.66 bits per heavy atom. The molecule has 2 aromatic heterocycles. The molecule has 1 aliphatic carbocycles. The molecular weight excluding hydrogens is 383 g/mol. The molecule has 4 aromatic rings. The number of phenolic OH excluding ortho intramolecular Hbond substituents is 1. The average molecular weight is 397 g/mol. The monoisotopic (exact) mass is 397 g/mol. The summed E-state index contributed by atoms with van der Waals surface area (Å²) >= 11 is 0. The fraction of sp³-hybridized carbons (Fsp3) is 0.150. The normalized spacial score (nSPS) is 15.8. The molecule has 0 radical (unpaired) electrons. The van der Waals surface area contributed by atoms with Gasteiger partial charge in [-0.3, -0.25) is 0 Å². The number of nitrogen functional groups attached to an aromatic ring is 1. The van der Waals surface area contributed by atoms with Crippen molar-refractivity contribution in [2.24, 2.45) is 0 Å². The van der Waals surface area contributed by atoms with Crippen LogP contribution in [0.1, 0.15) is 17.2 Å². The summed E-state index contributed by atoms with van der Waals surface area (Å²) in [5.41, 5.74) is 8.27. The highest BCUT2D eigenvalue weighted by Crippen LogP contribution is 2.38. The van der Waals surface area contributed by atoms with Crippen molar-refractivity contribution in [2.75, 3.05) is 5.73 Å². The number of anilines is 1. The van der Waals surface area contributed by atoms with Gasteiger partial charge in [-0.25, -0.2) is 23.4 Å². The van der Waals surface area contributed by atoms with E-state index in [0.717, 1.165) is 17.7 Å². The summed E-state index contributed by atoms with van der Waals surface area (Å²) in [5, 5.41) is 14.6. The van der Waals surface area contributed by atoms with Gasteiger partial charge in [-0.15, -0.1) is 0 Å². The Labute approximate surface area is 162 Å². The number of nitrogens with zero attached hydrogens (tertiary/aromatic N) is 4. The van der Waals surface area contributed by atoms with Crippen molar-refractivity contribution in [3.05, 3.63) is 65.2 Å².